The van der Waals surface area contributed by atoms with Crippen molar-refractivity contribution in [1.29, 1.82) is 0 Å². The van der Waals surface area contributed by atoms with Crippen molar-refractivity contribution in [2.24, 2.45) is 0 Å². The third-order valence-corrected chi connectivity index (χ3v) is 4.42. The Balaban J connectivity index is -0.000000152. The smallest absolute Gasteiger partial charge is 0.336 e. The lowest BCUT2D eigenvalue weighted by Gasteiger charge is -2.30. The summed E-state index contributed by atoms with van der Waals surface area (Å²) in [5.74, 6) is -5.02. The molecule has 1 aromatic carbocycles. The number of carboxylic acid groups (broad SMARTS) is 3. The molecule has 0 heterocycles. The molecule has 0 aliphatic heterocycles. The second kappa shape index (κ2) is 20.6. The average molecular weight is 502 g/mol. The summed E-state index contributed by atoms with van der Waals surface area (Å²) >= 11 is 0. The van der Waals surface area contributed by atoms with Crippen LogP contribution in [0, 0.1) is 0 Å². The van der Waals surface area contributed by atoms with Gasteiger partial charge in [-0.3, -0.25) is 14.5 Å². The van der Waals surface area contributed by atoms with E-state index in [1.54, 1.807) is 0 Å². The van der Waals surface area contributed by atoms with Gasteiger partial charge in [0, 0.05) is 18.6 Å². The van der Waals surface area contributed by atoms with E-state index in [9.17, 15) is 14.4 Å². The van der Waals surface area contributed by atoms with E-state index in [0.29, 0.717) is 12.1 Å². The maximum Gasteiger partial charge on any atom is 0.336 e. The zero-order valence-electron chi connectivity index (χ0n) is 20.3. The van der Waals surface area contributed by atoms with Crippen molar-refractivity contribution in [3.05, 3.63) is 42.0 Å². The Bertz CT molecular complexity index is 716. The summed E-state index contributed by atoms with van der Waals surface area (Å²) in [5, 5.41) is 33.8. The van der Waals surface area contributed by atoms with Crippen LogP contribution in [0.5, 0.6) is 0 Å². The molecule has 0 amide bonds. The molecule has 8 nitrogen and oxygen atoms in total. The quantitative estimate of drug-likeness (QED) is 0.305. The first kappa shape index (κ1) is 42.4. The topological polar surface area (TPSA) is 135 Å². The molecule has 8 heteroatoms. The van der Waals surface area contributed by atoms with E-state index in [1.165, 1.54) is 11.1 Å². The molecule has 0 aliphatic carbocycles. The lowest BCUT2D eigenvalue weighted by molar-refractivity contribution is -0.170. The normalized spacial score (nSPS) is 9.80. The van der Waals surface area contributed by atoms with Gasteiger partial charge in [-0.15, -0.1) is 0 Å². The molecule has 0 radical (unpaired) electrons. The number of hydrogen-bond acceptors (Lipinski definition) is 5. The molecule has 0 saturated carbocycles. The van der Waals surface area contributed by atoms with Gasteiger partial charge in [0.1, 0.15) is 0 Å². The highest BCUT2D eigenvalue weighted by atomic mass is 16.4. The van der Waals surface area contributed by atoms with Gasteiger partial charge in [-0.25, -0.2) is 4.79 Å². The Morgan fingerprint density at radius 3 is 1.43 bits per heavy atom. The van der Waals surface area contributed by atoms with Gasteiger partial charge in [0.05, 0.1) is 12.8 Å². The minimum Gasteiger partial charge on any atom is -0.481 e. The minimum absolute atomic E-state index is 0. The molecule has 1 aromatic rings. The van der Waals surface area contributed by atoms with Crippen LogP contribution in [0.4, 0.5) is 0 Å². The SMILES string of the molecule is C.C.C.C=C(C)c1ccc(CN(C(C)C)C(C)C)cc1.CC.O=C(O)CC(O)(CC(=O)O)C(=O)O. The fourth-order valence-electron chi connectivity index (χ4n) is 2.78. The minimum atomic E-state index is -2.74. The van der Waals surface area contributed by atoms with Gasteiger partial charge in [-0.1, -0.05) is 72.5 Å². The van der Waals surface area contributed by atoms with Gasteiger partial charge in [-0.2, -0.15) is 0 Å². The van der Waals surface area contributed by atoms with E-state index in [2.05, 4.69) is 63.4 Å². The fraction of sp³-hybridized carbons (Fsp3) is 0.593. The van der Waals surface area contributed by atoms with Crippen LogP contribution in [0.1, 0.15) is 94.7 Å². The molecule has 0 aromatic heterocycles. The summed E-state index contributed by atoms with van der Waals surface area (Å²) in [4.78, 5) is 33.0. The van der Waals surface area contributed by atoms with Crippen LogP contribution < -0.4 is 0 Å². The Morgan fingerprint density at radius 1 is 0.857 bits per heavy atom. The molecule has 35 heavy (non-hydrogen) atoms. The Kier molecular flexibility index (Phi) is 25.0. The van der Waals surface area contributed by atoms with Crippen LogP contribution in [0.25, 0.3) is 5.57 Å². The van der Waals surface area contributed by atoms with Gasteiger partial charge in [-0.05, 0) is 45.7 Å². The van der Waals surface area contributed by atoms with Crippen molar-refractivity contribution in [2.45, 2.75) is 108 Å². The molecular formula is C27H51NO7. The van der Waals surface area contributed by atoms with Crippen molar-refractivity contribution >= 4 is 23.5 Å². The second-order valence-electron chi connectivity index (χ2n) is 7.81. The Morgan fingerprint density at radius 2 is 1.20 bits per heavy atom. The maximum absolute atomic E-state index is 10.3. The van der Waals surface area contributed by atoms with Gasteiger partial charge in [0.2, 0.25) is 0 Å². The third kappa shape index (κ3) is 17.4. The second-order valence-corrected chi connectivity index (χ2v) is 7.81. The number of benzene rings is 1. The van der Waals surface area contributed by atoms with Gasteiger partial charge in [0.15, 0.2) is 5.60 Å². The number of aliphatic hydroxyl groups is 1. The van der Waals surface area contributed by atoms with Crippen molar-refractivity contribution in [1.82, 2.24) is 4.90 Å². The van der Waals surface area contributed by atoms with E-state index in [4.69, 9.17) is 20.4 Å². The number of carboxylic acids is 3. The summed E-state index contributed by atoms with van der Waals surface area (Å²) in [5.41, 5.74) is 0.991. The predicted molar refractivity (Wildman–Crippen MR) is 146 cm³/mol. The van der Waals surface area contributed by atoms with Gasteiger partial charge >= 0.3 is 17.9 Å². The largest absolute Gasteiger partial charge is 0.481 e. The Labute approximate surface area is 213 Å². The molecule has 0 unspecified atom stereocenters. The summed E-state index contributed by atoms with van der Waals surface area (Å²) < 4.78 is 0. The van der Waals surface area contributed by atoms with Crippen molar-refractivity contribution in [2.75, 3.05) is 0 Å². The molecule has 206 valence electrons. The van der Waals surface area contributed by atoms with E-state index in [1.807, 2.05) is 20.8 Å². The number of aliphatic carboxylic acids is 3. The summed E-state index contributed by atoms with van der Waals surface area (Å²) in [7, 11) is 0. The lowest BCUT2D eigenvalue weighted by atomic mass is 9.96. The zero-order chi connectivity index (χ0) is 25.6. The third-order valence-electron chi connectivity index (χ3n) is 4.42. The van der Waals surface area contributed by atoms with Crippen LogP contribution >= 0.6 is 0 Å². The summed E-state index contributed by atoms with van der Waals surface area (Å²) in [6.45, 7) is 20.0. The number of carbonyl (C=O) groups is 3. The molecule has 0 aliphatic rings. The lowest BCUT2D eigenvalue weighted by Crippen LogP contribution is -2.42. The van der Waals surface area contributed by atoms with Crippen LogP contribution in [0.2, 0.25) is 0 Å². The average Bonchev–Trinajstić information content (AvgIpc) is 2.66. The number of rotatable bonds is 10. The first-order valence-corrected chi connectivity index (χ1v) is 10.6. The molecule has 1 rings (SSSR count). The standard InChI is InChI=1S/C16H25N.C6H8O7.C2H6.3CH4/c1-12(2)16-9-7-15(8-10-16)11-17(13(3)4)14(5)6;7-3(8)1-6(13,5(11)12)2-4(9)10;1-2;;;/h7-10,13-14H,1,11H2,2-6H3;13H,1-2H2,(H,7,8)(H,9,10)(H,11,12);1-2H3;3*1H4. The molecule has 4 N–H and O–H groups in total. The zero-order valence-corrected chi connectivity index (χ0v) is 20.3. The van der Waals surface area contributed by atoms with Crippen molar-refractivity contribution < 1.29 is 34.8 Å². The number of allylic oxidation sites excluding steroid dienone is 1. The maximum atomic E-state index is 10.3. The predicted octanol–water partition coefficient (Wildman–Crippen LogP) is 6.02. The molecule has 0 bridgehead atoms. The number of nitrogens with zero attached hydrogens (tertiary/aromatic N) is 1. The van der Waals surface area contributed by atoms with Crippen molar-refractivity contribution in [3.63, 3.8) is 0 Å². The molecule has 0 saturated heterocycles. The van der Waals surface area contributed by atoms with E-state index >= 15 is 0 Å². The van der Waals surface area contributed by atoms with E-state index in [-0.39, 0.29) is 22.3 Å². The van der Waals surface area contributed by atoms with Gasteiger partial charge < -0.3 is 20.4 Å². The molecule has 0 fully saturated rings. The van der Waals surface area contributed by atoms with Crippen molar-refractivity contribution in [3.8, 4) is 0 Å². The molecule has 0 spiro atoms. The van der Waals surface area contributed by atoms with Crippen LogP contribution in [0.3, 0.4) is 0 Å². The summed E-state index contributed by atoms with van der Waals surface area (Å²) in [6, 6.07) is 9.91. The van der Waals surface area contributed by atoms with E-state index < -0.39 is 36.4 Å². The molecular weight excluding hydrogens is 450 g/mol. The highest BCUT2D eigenvalue weighted by Crippen LogP contribution is 2.17. The highest BCUT2D eigenvalue weighted by Gasteiger charge is 2.40. The van der Waals surface area contributed by atoms with Gasteiger partial charge in [0.25, 0.3) is 0 Å². The van der Waals surface area contributed by atoms with Crippen LogP contribution in [-0.2, 0) is 20.9 Å². The molecule has 0 atom stereocenters. The fourth-order valence-corrected chi connectivity index (χ4v) is 2.78. The van der Waals surface area contributed by atoms with Crippen LogP contribution in [-0.4, -0.2) is 60.9 Å². The summed E-state index contributed by atoms with van der Waals surface area (Å²) in [6.07, 6.45) is -2.29. The number of hydrogen-bond donors (Lipinski definition) is 4. The first-order valence-electron chi connectivity index (χ1n) is 10.6. The highest BCUT2D eigenvalue weighted by molar-refractivity contribution is 5.88. The van der Waals surface area contributed by atoms with E-state index in [0.717, 1.165) is 12.1 Å². The first-order chi connectivity index (χ1) is 14.7. The Hall–Kier alpha value is -2.71. The monoisotopic (exact) mass is 501 g/mol. The van der Waals surface area contributed by atoms with Crippen LogP contribution in [0.15, 0.2) is 30.8 Å².